The largest absolute Gasteiger partial charge is 0.508 e. The van der Waals surface area contributed by atoms with E-state index >= 15 is 0 Å². The zero-order chi connectivity index (χ0) is 24.1. The molecule has 0 aromatic heterocycles. The van der Waals surface area contributed by atoms with Crippen LogP contribution in [0, 0.1) is 0 Å². The molecule has 1 saturated heterocycles. The normalized spacial score (nSPS) is 16.0. The molecule has 8 heteroatoms. The summed E-state index contributed by atoms with van der Waals surface area (Å²) in [6, 6.07) is 20.0. The van der Waals surface area contributed by atoms with Crippen LogP contribution in [0.15, 0.2) is 66.7 Å². The van der Waals surface area contributed by atoms with Gasteiger partial charge in [-0.3, -0.25) is 9.80 Å². The van der Waals surface area contributed by atoms with E-state index in [2.05, 4.69) is 34.1 Å². The quantitative estimate of drug-likeness (QED) is 0.392. The van der Waals surface area contributed by atoms with E-state index in [0.29, 0.717) is 16.6 Å². The molecule has 1 fully saturated rings. The van der Waals surface area contributed by atoms with Gasteiger partial charge in [-0.25, -0.2) is 0 Å². The van der Waals surface area contributed by atoms with E-state index in [1.54, 1.807) is 0 Å². The Balaban J connectivity index is 1.36. The lowest BCUT2D eigenvalue weighted by Gasteiger charge is -2.40. The van der Waals surface area contributed by atoms with Gasteiger partial charge in [-0.2, -0.15) is 0 Å². The molecule has 34 heavy (non-hydrogen) atoms. The molecular formula is C26H28Cl2N2O4. The van der Waals surface area contributed by atoms with Crippen LogP contribution in [-0.4, -0.2) is 70.6 Å². The first kappa shape index (κ1) is 24.6. The second-order valence-electron chi connectivity index (χ2n) is 8.46. The van der Waals surface area contributed by atoms with Gasteiger partial charge in [0.2, 0.25) is 0 Å². The molecule has 0 aliphatic carbocycles. The summed E-state index contributed by atoms with van der Waals surface area (Å²) in [7, 11) is 0. The van der Waals surface area contributed by atoms with Crippen LogP contribution in [0.25, 0.3) is 0 Å². The molecule has 6 nitrogen and oxygen atoms in total. The number of hydrogen-bond acceptors (Lipinski definition) is 6. The highest BCUT2D eigenvalue weighted by Gasteiger charge is 2.27. The highest BCUT2D eigenvalue weighted by Crippen LogP contribution is 2.32. The Kier molecular flexibility index (Phi) is 8.19. The Morgan fingerprint density at radius 3 is 1.91 bits per heavy atom. The minimum atomic E-state index is -0.725. The summed E-state index contributed by atoms with van der Waals surface area (Å²) in [6.07, 6.45) is -0.725. The van der Waals surface area contributed by atoms with E-state index in [9.17, 15) is 15.3 Å². The summed E-state index contributed by atoms with van der Waals surface area (Å²) in [6.45, 7) is 3.74. The van der Waals surface area contributed by atoms with Gasteiger partial charge >= 0.3 is 0 Å². The fraction of sp³-hybridized carbons (Fsp3) is 0.308. The predicted molar refractivity (Wildman–Crippen MR) is 134 cm³/mol. The Hall–Kier alpha value is -2.48. The number of phenolic OH excluding ortho intramolecular Hbond substituents is 2. The van der Waals surface area contributed by atoms with Crippen molar-refractivity contribution in [2.45, 2.75) is 12.1 Å². The summed E-state index contributed by atoms with van der Waals surface area (Å²) in [5.41, 5.74) is 2.33. The summed E-state index contributed by atoms with van der Waals surface area (Å²) in [5.74, 6) is 0.0704. The summed E-state index contributed by atoms with van der Waals surface area (Å²) < 4.78 is 5.50. The van der Waals surface area contributed by atoms with E-state index in [1.165, 1.54) is 29.3 Å². The molecule has 0 amide bonds. The van der Waals surface area contributed by atoms with E-state index < -0.39 is 6.10 Å². The minimum Gasteiger partial charge on any atom is -0.508 e. The van der Waals surface area contributed by atoms with Gasteiger partial charge in [-0.05, 0) is 47.5 Å². The van der Waals surface area contributed by atoms with Crippen LogP contribution in [0.4, 0.5) is 0 Å². The summed E-state index contributed by atoms with van der Waals surface area (Å²) >= 11 is 12.2. The van der Waals surface area contributed by atoms with Crippen molar-refractivity contribution in [2.24, 2.45) is 0 Å². The molecule has 0 saturated carbocycles. The SMILES string of the molecule is Oc1ccc(O)c(OCC(O)CN2CCN(C(c3ccc(Cl)cc3)c3ccc(Cl)cc3)CC2)c1. The Morgan fingerprint density at radius 2 is 1.35 bits per heavy atom. The van der Waals surface area contributed by atoms with Crippen molar-refractivity contribution >= 4 is 23.2 Å². The second-order valence-corrected chi connectivity index (χ2v) is 9.33. The van der Waals surface area contributed by atoms with Crippen molar-refractivity contribution in [3.63, 3.8) is 0 Å². The molecule has 1 atom stereocenters. The third kappa shape index (κ3) is 6.34. The standard InChI is InChI=1S/C26H28Cl2N2O4/c27-20-5-1-18(2-6-20)26(19-3-7-21(28)8-4-19)30-13-11-29(12-14-30)16-23(32)17-34-25-15-22(31)9-10-24(25)33/h1-10,15,23,26,31-33H,11-14,16-17H2. The molecule has 180 valence electrons. The highest BCUT2D eigenvalue weighted by molar-refractivity contribution is 6.30. The maximum absolute atomic E-state index is 10.5. The first-order valence-corrected chi connectivity index (χ1v) is 11.9. The number of piperazine rings is 1. The van der Waals surface area contributed by atoms with Crippen molar-refractivity contribution in [1.82, 2.24) is 9.80 Å². The van der Waals surface area contributed by atoms with Crippen molar-refractivity contribution < 1.29 is 20.1 Å². The van der Waals surface area contributed by atoms with Crippen molar-refractivity contribution in [1.29, 1.82) is 0 Å². The monoisotopic (exact) mass is 502 g/mol. The van der Waals surface area contributed by atoms with Gasteiger partial charge in [-0.1, -0.05) is 47.5 Å². The van der Waals surface area contributed by atoms with E-state index in [4.69, 9.17) is 27.9 Å². The Labute approximate surface area is 209 Å². The number of rotatable bonds is 8. The fourth-order valence-corrected chi connectivity index (χ4v) is 4.52. The van der Waals surface area contributed by atoms with Gasteiger partial charge in [-0.15, -0.1) is 0 Å². The lowest BCUT2D eigenvalue weighted by Crippen LogP contribution is -2.50. The number of ether oxygens (including phenoxy) is 1. The Bertz CT molecular complexity index is 1030. The molecule has 3 N–H and O–H groups in total. The lowest BCUT2D eigenvalue weighted by molar-refractivity contribution is 0.0395. The molecule has 1 aliphatic rings. The number of β-amino-alcohol motifs (C(OH)–C–C–N with tert-alkyl or cyclic N) is 1. The molecule has 0 bridgehead atoms. The highest BCUT2D eigenvalue weighted by atomic mass is 35.5. The lowest BCUT2D eigenvalue weighted by atomic mass is 9.96. The Morgan fingerprint density at radius 1 is 0.794 bits per heavy atom. The third-order valence-corrected chi connectivity index (χ3v) is 6.49. The van der Waals surface area contributed by atoms with Gasteiger partial charge in [0.1, 0.15) is 18.5 Å². The number of aromatic hydroxyl groups is 2. The zero-order valence-corrected chi connectivity index (χ0v) is 20.2. The topological polar surface area (TPSA) is 76.4 Å². The smallest absolute Gasteiger partial charge is 0.164 e. The number of halogens is 2. The van der Waals surface area contributed by atoms with Crippen molar-refractivity contribution in [3.8, 4) is 17.2 Å². The molecule has 1 unspecified atom stereocenters. The molecule has 0 radical (unpaired) electrons. The number of benzene rings is 3. The number of aliphatic hydroxyl groups is 1. The van der Waals surface area contributed by atoms with Gasteiger partial charge in [0.25, 0.3) is 0 Å². The predicted octanol–water partition coefficient (Wildman–Crippen LogP) is 4.55. The van der Waals surface area contributed by atoms with Crippen LogP contribution in [0.2, 0.25) is 10.0 Å². The summed E-state index contributed by atoms with van der Waals surface area (Å²) in [4.78, 5) is 4.63. The van der Waals surface area contributed by atoms with Crippen molar-refractivity contribution in [2.75, 3.05) is 39.3 Å². The van der Waals surface area contributed by atoms with Gasteiger partial charge in [0.15, 0.2) is 11.5 Å². The fourth-order valence-electron chi connectivity index (χ4n) is 4.26. The zero-order valence-electron chi connectivity index (χ0n) is 18.6. The number of hydrogen-bond donors (Lipinski definition) is 3. The van der Waals surface area contributed by atoms with Crippen LogP contribution < -0.4 is 4.74 Å². The van der Waals surface area contributed by atoms with E-state index in [0.717, 1.165) is 26.2 Å². The number of nitrogens with zero attached hydrogens (tertiary/aromatic N) is 2. The van der Waals surface area contributed by atoms with Crippen LogP contribution in [0.5, 0.6) is 17.2 Å². The van der Waals surface area contributed by atoms with Gasteiger partial charge in [0, 0.05) is 48.8 Å². The van der Waals surface area contributed by atoms with Crippen molar-refractivity contribution in [3.05, 3.63) is 87.9 Å². The van der Waals surface area contributed by atoms with E-state index in [1.807, 2.05) is 24.3 Å². The van der Waals surface area contributed by atoms with Crippen LogP contribution in [0.3, 0.4) is 0 Å². The molecular weight excluding hydrogens is 475 g/mol. The minimum absolute atomic E-state index is 0.00524. The number of phenols is 2. The first-order valence-electron chi connectivity index (χ1n) is 11.2. The molecule has 3 aromatic rings. The average molecular weight is 503 g/mol. The third-order valence-electron chi connectivity index (χ3n) is 5.99. The molecule has 1 aliphatic heterocycles. The molecule has 4 rings (SSSR count). The number of aliphatic hydroxyl groups excluding tert-OH is 1. The maximum atomic E-state index is 10.5. The average Bonchev–Trinajstić information content (AvgIpc) is 2.83. The first-order chi connectivity index (χ1) is 16.4. The molecule has 0 spiro atoms. The van der Waals surface area contributed by atoms with Gasteiger partial charge in [0.05, 0.1) is 6.04 Å². The van der Waals surface area contributed by atoms with E-state index in [-0.39, 0.29) is 29.9 Å². The van der Waals surface area contributed by atoms with Crippen LogP contribution in [0.1, 0.15) is 17.2 Å². The summed E-state index contributed by atoms with van der Waals surface area (Å²) in [5, 5.41) is 31.2. The van der Waals surface area contributed by atoms with Gasteiger partial charge < -0.3 is 20.1 Å². The second kappa shape index (κ2) is 11.3. The van der Waals surface area contributed by atoms with Crippen LogP contribution >= 0.6 is 23.2 Å². The molecule has 3 aromatic carbocycles. The molecule has 1 heterocycles. The van der Waals surface area contributed by atoms with Crippen LogP contribution in [-0.2, 0) is 0 Å². The maximum Gasteiger partial charge on any atom is 0.164 e.